The van der Waals surface area contributed by atoms with E-state index in [1.54, 1.807) is 0 Å². The Bertz CT molecular complexity index is 2930. The largest absolute Gasteiger partial charge is 0.455 e. The van der Waals surface area contributed by atoms with Gasteiger partial charge in [-0.05, 0) is 74.3 Å². The van der Waals surface area contributed by atoms with Crippen LogP contribution in [-0.4, -0.2) is 4.98 Å². The summed E-state index contributed by atoms with van der Waals surface area (Å²) in [7, 11) is 0. The Hall–Kier alpha value is -6.97. The predicted molar refractivity (Wildman–Crippen MR) is 220 cm³/mol. The van der Waals surface area contributed by atoms with Crippen LogP contribution in [0.25, 0.3) is 89.2 Å². The number of hydrogen-bond donors (Lipinski definition) is 0. The standard InChI is InChI=1S/C50H33NO2/c1-3-11-33(12-4-1)29-40(30-34-21-23-37(24-22-34)42-18-9-16-36-13-7-8-17-41(36)42)35-25-27-38(28-26-35)43-19-10-20-44-45-31-46-48(32-47(45)52-49(43)44)53-50(51-46)39-14-5-2-6-15-39/h1-29,31-32H,30H2/b40-29-. The van der Waals surface area contributed by atoms with Crippen molar-refractivity contribution in [1.29, 1.82) is 0 Å². The molecular weight excluding hydrogens is 647 g/mol. The fraction of sp³-hybridized carbons (Fsp3) is 0.0200. The summed E-state index contributed by atoms with van der Waals surface area (Å²) in [4.78, 5) is 4.80. The van der Waals surface area contributed by atoms with Crippen molar-refractivity contribution in [2.75, 3.05) is 0 Å². The fourth-order valence-corrected chi connectivity index (χ4v) is 7.50. The Morgan fingerprint density at radius 3 is 1.98 bits per heavy atom. The van der Waals surface area contributed by atoms with E-state index in [1.165, 1.54) is 44.2 Å². The van der Waals surface area contributed by atoms with Crippen molar-refractivity contribution in [3.05, 3.63) is 199 Å². The van der Waals surface area contributed by atoms with Gasteiger partial charge in [0.2, 0.25) is 5.89 Å². The Morgan fingerprint density at radius 1 is 0.491 bits per heavy atom. The molecule has 0 unspecified atom stereocenters. The first kappa shape index (κ1) is 30.8. The average molecular weight is 680 g/mol. The highest BCUT2D eigenvalue weighted by molar-refractivity contribution is 6.12. The lowest BCUT2D eigenvalue weighted by molar-refractivity contribution is 0.617. The summed E-state index contributed by atoms with van der Waals surface area (Å²) in [5, 5.41) is 4.62. The molecule has 10 rings (SSSR count). The molecule has 0 amide bonds. The molecule has 0 saturated carbocycles. The number of rotatable bonds is 7. The number of allylic oxidation sites excluding steroid dienone is 1. The van der Waals surface area contributed by atoms with Gasteiger partial charge in [0.15, 0.2) is 5.58 Å². The van der Waals surface area contributed by atoms with Gasteiger partial charge in [-0.1, -0.05) is 164 Å². The summed E-state index contributed by atoms with van der Waals surface area (Å²) >= 11 is 0. The topological polar surface area (TPSA) is 39.2 Å². The number of hydrogen-bond acceptors (Lipinski definition) is 3. The van der Waals surface area contributed by atoms with E-state index in [-0.39, 0.29) is 0 Å². The molecule has 0 aliphatic heterocycles. The molecule has 0 saturated heterocycles. The van der Waals surface area contributed by atoms with Crippen LogP contribution in [0.1, 0.15) is 16.7 Å². The minimum absolute atomic E-state index is 0.608. The lowest BCUT2D eigenvalue weighted by Gasteiger charge is -2.12. The van der Waals surface area contributed by atoms with E-state index in [4.69, 9.17) is 13.8 Å². The minimum Gasteiger partial charge on any atom is -0.455 e. The van der Waals surface area contributed by atoms with E-state index < -0.39 is 0 Å². The number of benzene rings is 8. The van der Waals surface area contributed by atoms with Crippen LogP contribution in [-0.2, 0) is 6.42 Å². The van der Waals surface area contributed by atoms with Crippen molar-refractivity contribution in [2.24, 2.45) is 0 Å². The molecular formula is C50H33NO2. The molecule has 0 aliphatic carbocycles. The van der Waals surface area contributed by atoms with Crippen LogP contribution in [0.5, 0.6) is 0 Å². The Labute approximate surface area is 307 Å². The third kappa shape index (κ3) is 5.79. The second kappa shape index (κ2) is 13.0. The van der Waals surface area contributed by atoms with E-state index in [0.29, 0.717) is 11.5 Å². The molecule has 10 aromatic rings. The van der Waals surface area contributed by atoms with Gasteiger partial charge in [-0.15, -0.1) is 0 Å². The van der Waals surface area contributed by atoms with Crippen LogP contribution in [0.3, 0.4) is 0 Å². The normalized spacial score (nSPS) is 12.0. The third-order valence-electron chi connectivity index (χ3n) is 10.2. The summed E-state index contributed by atoms with van der Waals surface area (Å²) in [5.41, 5.74) is 13.7. The molecule has 0 spiro atoms. The quantitative estimate of drug-likeness (QED) is 0.157. The number of fused-ring (bicyclic) bond motifs is 5. The molecule has 0 atom stereocenters. The molecule has 3 nitrogen and oxygen atoms in total. The van der Waals surface area contributed by atoms with Gasteiger partial charge in [0, 0.05) is 28.0 Å². The van der Waals surface area contributed by atoms with Gasteiger partial charge in [0.05, 0.1) is 0 Å². The van der Waals surface area contributed by atoms with Gasteiger partial charge < -0.3 is 8.83 Å². The lowest BCUT2D eigenvalue weighted by atomic mass is 9.92. The van der Waals surface area contributed by atoms with Crippen LogP contribution in [0.15, 0.2) is 191 Å². The molecule has 2 heterocycles. The second-order valence-electron chi connectivity index (χ2n) is 13.5. The number of nitrogens with zero attached hydrogens (tertiary/aromatic N) is 1. The Kier molecular flexibility index (Phi) is 7.54. The molecule has 2 aromatic heterocycles. The monoisotopic (exact) mass is 679 g/mol. The lowest BCUT2D eigenvalue weighted by Crippen LogP contribution is -1.93. The second-order valence-corrected chi connectivity index (χ2v) is 13.5. The summed E-state index contributed by atoms with van der Waals surface area (Å²) in [6.45, 7) is 0. The maximum absolute atomic E-state index is 6.56. The molecule has 0 fully saturated rings. The van der Waals surface area contributed by atoms with Gasteiger partial charge >= 0.3 is 0 Å². The van der Waals surface area contributed by atoms with Crippen LogP contribution >= 0.6 is 0 Å². The van der Waals surface area contributed by atoms with Crippen molar-refractivity contribution < 1.29 is 8.83 Å². The van der Waals surface area contributed by atoms with Crippen LogP contribution in [0.4, 0.5) is 0 Å². The SMILES string of the molecule is C(=C(\Cc1ccc(-c2cccc3ccccc23)cc1)c1ccc(-c2cccc3c2oc2cc4oc(-c5ccccc5)nc4cc23)cc1)/c1ccccc1. The first-order valence-corrected chi connectivity index (χ1v) is 18.0. The maximum atomic E-state index is 6.56. The van der Waals surface area contributed by atoms with E-state index >= 15 is 0 Å². The first-order chi connectivity index (χ1) is 26.2. The highest BCUT2D eigenvalue weighted by Gasteiger charge is 2.17. The summed E-state index contributed by atoms with van der Waals surface area (Å²) in [5.74, 6) is 0.608. The van der Waals surface area contributed by atoms with Crippen molar-refractivity contribution in [2.45, 2.75) is 6.42 Å². The van der Waals surface area contributed by atoms with Crippen molar-refractivity contribution in [3.8, 4) is 33.7 Å². The Morgan fingerprint density at radius 2 is 1.15 bits per heavy atom. The zero-order valence-corrected chi connectivity index (χ0v) is 28.9. The van der Waals surface area contributed by atoms with E-state index in [1.807, 2.05) is 36.4 Å². The number of oxazole rings is 1. The minimum atomic E-state index is 0.608. The van der Waals surface area contributed by atoms with Crippen LogP contribution < -0.4 is 0 Å². The molecule has 0 N–H and O–H groups in total. The molecule has 0 aliphatic rings. The maximum Gasteiger partial charge on any atom is 0.227 e. The van der Waals surface area contributed by atoms with Gasteiger partial charge in [-0.2, -0.15) is 0 Å². The van der Waals surface area contributed by atoms with Gasteiger partial charge in [-0.3, -0.25) is 0 Å². The number of aromatic nitrogens is 1. The van der Waals surface area contributed by atoms with Gasteiger partial charge in [0.1, 0.15) is 16.7 Å². The molecule has 0 radical (unpaired) electrons. The highest BCUT2D eigenvalue weighted by atomic mass is 16.4. The molecule has 3 heteroatoms. The van der Waals surface area contributed by atoms with Gasteiger partial charge in [-0.25, -0.2) is 4.98 Å². The van der Waals surface area contributed by atoms with E-state index in [0.717, 1.165) is 50.6 Å². The fourth-order valence-electron chi connectivity index (χ4n) is 7.50. The molecule has 53 heavy (non-hydrogen) atoms. The Balaban J connectivity index is 0.978. The van der Waals surface area contributed by atoms with Crippen molar-refractivity contribution in [1.82, 2.24) is 4.98 Å². The zero-order valence-electron chi connectivity index (χ0n) is 28.9. The van der Waals surface area contributed by atoms with Crippen LogP contribution in [0.2, 0.25) is 0 Å². The summed E-state index contributed by atoms with van der Waals surface area (Å²) in [6.07, 6.45) is 3.12. The molecule has 250 valence electrons. The number of para-hydroxylation sites is 1. The zero-order chi connectivity index (χ0) is 35.1. The summed E-state index contributed by atoms with van der Waals surface area (Å²) < 4.78 is 12.7. The first-order valence-electron chi connectivity index (χ1n) is 18.0. The summed E-state index contributed by atoms with van der Waals surface area (Å²) in [6, 6.07) is 64.0. The third-order valence-corrected chi connectivity index (χ3v) is 10.2. The number of furan rings is 1. The highest BCUT2D eigenvalue weighted by Crippen LogP contribution is 2.39. The predicted octanol–water partition coefficient (Wildman–Crippen LogP) is 13.7. The van der Waals surface area contributed by atoms with E-state index in [2.05, 4.69) is 152 Å². The molecule has 8 aromatic carbocycles. The van der Waals surface area contributed by atoms with Crippen LogP contribution in [0, 0.1) is 0 Å². The average Bonchev–Trinajstić information content (AvgIpc) is 3.81. The van der Waals surface area contributed by atoms with Crippen molar-refractivity contribution in [3.63, 3.8) is 0 Å². The smallest absolute Gasteiger partial charge is 0.227 e. The van der Waals surface area contributed by atoms with Gasteiger partial charge in [0.25, 0.3) is 0 Å². The van der Waals surface area contributed by atoms with E-state index in [9.17, 15) is 0 Å². The van der Waals surface area contributed by atoms with Crippen molar-refractivity contribution >= 4 is 55.5 Å². The molecule has 0 bridgehead atoms.